The first-order valence-electron chi connectivity index (χ1n) is 10.1. The lowest BCUT2D eigenvalue weighted by molar-refractivity contribution is -0.274. The summed E-state index contributed by atoms with van der Waals surface area (Å²) in [5, 5.41) is 9.05. The Bertz CT molecular complexity index is 1130. The van der Waals surface area contributed by atoms with Gasteiger partial charge in [0.1, 0.15) is 5.75 Å². The molecule has 180 valence electrons. The molecule has 1 saturated heterocycles. The smallest absolute Gasteiger partial charge is 0.481 e. The van der Waals surface area contributed by atoms with Gasteiger partial charge >= 0.3 is 12.3 Å². The number of carboxylic acid groups (broad SMARTS) is 1. The summed E-state index contributed by atoms with van der Waals surface area (Å²) in [5.74, 6) is -1.38. The Balaban J connectivity index is 1.81. The van der Waals surface area contributed by atoms with Gasteiger partial charge in [-0.1, -0.05) is 6.07 Å². The fourth-order valence-electron chi connectivity index (χ4n) is 4.02. The predicted octanol–water partition coefficient (Wildman–Crippen LogP) is 3.81. The zero-order chi connectivity index (χ0) is 24.6. The fraction of sp³-hybridized carbons (Fsp3) is 0.409. The topological polar surface area (TPSA) is 87.1 Å². The Hall–Kier alpha value is -2.79. The van der Waals surface area contributed by atoms with E-state index in [1.54, 1.807) is 13.0 Å². The molecule has 33 heavy (non-hydrogen) atoms. The van der Waals surface area contributed by atoms with Crippen LogP contribution in [0.15, 0.2) is 47.4 Å². The monoisotopic (exact) mass is 486 g/mol. The first-order chi connectivity index (χ1) is 15.2. The molecule has 2 aromatic carbocycles. The minimum absolute atomic E-state index is 0.0386. The highest BCUT2D eigenvalue weighted by Crippen LogP contribution is 2.33. The Morgan fingerprint density at radius 2 is 1.76 bits per heavy atom. The summed E-state index contributed by atoms with van der Waals surface area (Å²) in [4.78, 5) is 13.0. The van der Waals surface area contributed by atoms with Gasteiger partial charge in [-0.2, -0.15) is 4.31 Å². The number of aliphatic carboxylic acids is 1. The van der Waals surface area contributed by atoms with Crippen molar-refractivity contribution >= 4 is 21.7 Å². The average Bonchev–Trinajstić information content (AvgIpc) is 2.66. The SMILES string of the molecule is Cc1cc(CC(=O)O)cc(S(=O)(=O)N2CCN(c3ccc(OC(F)(F)F)cc3)C(C)(C)C2)c1. The van der Waals surface area contributed by atoms with E-state index < -0.39 is 27.9 Å². The number of alkyl halides is 3. The first-order valence-corrected chi connectivity index (χ1v) is 11.6. The molecule has 0 unspecified atom stereocenters. The molecule has 1 aliphatic heterocycles. The van der Waals surface area contributed by atoms with Gasteiger partial charge in [0.05, 0.1) is 11.3 Å². The number of hydrogen-bond donors (Lipinski definition) is 1. The zero-order valence-corrected chi connectivity index (χ0v) is 19.2. The standard InChI is InChI=1S/C22H25F3N2O5S/c1-15-10-16(13-20(28)29)12-19(11-15)33(30,31)26-8-9-27(21(2,3)14-26)17-4-6-18(7-5-17)32-22(23,24)25/h4-7,10-12H,8-9,13-14H2,1-3H3,(H,28,29). The van der Waals surface area contributed by atoms with Crippen molar-refractivity contribution in [3.05, 3.63) is 53.6 Å². The van der Waals surface area contributed by atoms with Crippen molar-refractivity contribution in [1.82, 2.24) is 4.31 Å². The van der Waals surface area contributed by atoms with Crippen LogP contribution in [0.25, 0.3) is 0 Å². The predicted molar refractivity (Wildman–Crippen MR) is 116 cm³/mol. The van der Waals surface area contributed by atoms with Crippen LogP contribution in [0.1, 0.15) is 25.0 Å². The van der Waals surface area contributed by atoms with Crippen LogP contribution >= 0.6 is 0 Å². The number of benzene rings is 2. The molecule has 0 radical (unpaired) electrons. The third kappa shape index (κ3) is 5.97. The molecule has 1 N–H and O–H groups in total. The van der Waals surface area contributed by atoms with Crippen molar-refractivity contribution in [1.29, 1.82) is 0 Å². The van der Waals surface area contributed by atoms with Gasteiger partial charge in [0.25, 0.3) is 0 Å². The minimum Gasteiger partial charge on any atom is -0.481 e. The second kappa shape index (κ2) is 8.86. The number of rotatable bonds is 6. The van der Waals surface area contributed by atoms with Crippen LogP contribution < -0.4 is 9.64 Å². The second-order valence-electron chi connectivity index (χ2n) is 8.57. The molecular formula is C22H25F3N2O5S. The van der Waals surface area contributed by atoms with Crippen LogP contribution in [0.2, 0.25) is 0 Å². The average molecular weight is 487 g/mol. The van der Waals surface area contributed by atoms with E-state index in [-0.39, 0.29) is 30.2 Å². The maximum absolute atomic E-state index is 13.3. The van der Waals surface area contributed by atoms with Gasteiger partial charge in [-0.25, -0.2) is 8.42 Å². The molecule has 0 atom stereocenters. The van der Waals surface area contributed by atoms with Crippen LogP contribution in [0, 0.1) is 6.92 Å². The van der Waals surface area contributed by atoms with Crippen LogP contribution in [-0.4, -0.2) is 55.3 Å². The van der Waals surface area contributed by atoms with Crippen molar-refractivity contribution in [3.8, 4) is 5.75 Å². The number of sulfonamides is 1. The van der Waals surface area contributed by atoms with E-state index in [2.05, 4.69) is 4.74 Å². The fourth-order valence-corrected chi connectivity index (χ4v) is 5.76. The third-order valence-electron chi connectivity index (χ3n) is 5.35. The highest BCUT2D eigenvalue weighted by Gasteiger charge is 2.39. The van der Waals surface area contributed by atoms with E-state index in [0.29, 0.717) is 23.4 Å². The van der Waals surface area contributed by atoms with E-state index in [1.165, 1.54) is 40.7 Å². The zero-order valence-electron chi connectivity index (χ0n) is 18.4. The number of ether oxygens (including phenoxy) is 1. The molecule has 0 saturated carbocycles. The summed E-state index contributed by atoms with van der Waals surface area (Å²) < 4.78 is 69.1. The van der Waals surface area contributed by atoms with Crippen LogP contribution in [0.3, 0.4) is 0 Å². The van der Waals surface area contributed by atoms with Gasteiger partial charge in [-0.3, -0.25) is 4.79 Å². The highest BCUT2D eigenvalue weighted by atomic mass is 32.2. The van der Waals surface area contributed by atoms with Gasteiger partial charge in [-0.05, 0) is 68.3 Å². The van der Waals surface area contributed by atoms with Crippen molar-refractivity contribution in [2.75, 3.05) is 24.5 Å². The molecule has 1 heterocycles. The summed E-state index contributed by atoms with van der Waals surface area (Å²) in [6.45, 7) is 6.02. The summed E-state index contributed by atoms with van der Waals surface area (Å²) >= 11 is 0. The number of nitrogens with zero attached hydrogens (tertiary/aromatic N) is 2. The van der Waals surface area contributed by atoms with Crippen LogP contribution in [0.4, 0.5) is 18.9 Å². The van der Waals surface area contributed by atoms with Gasteiger partial charge in [0.15, 0.2) is 0 Å². The first kappa shape index (κ1) is 24.8. The van der Waals surface area contributed by atoms with Crippen molar-refractivity contribution in [2.45, 2.75) is 44.0 Å². The lowest BCUT2D eigenvalue weighted by Crippen LogP contribution is -2.60. The molecule has 1 aliphatic rings. The number of carboxylic acids is 1. The molecule has 7 nitrogen and oxygen atoms in total. The molecule has 0 aliphatic carbocycles. The number of halogens is 3. The van der Waals surface area contributed by atoms with E-state index >= 15 is 0 Å². The Morgan fingerprint density at radius 1 is 1.12 bits per heavy atom. The molecular weight excluding hydrogens is 461 g/mol. The number of anilines is 1. The minimum atomic E-state index is -4.78. The van der Waals surface area contributed by atoms with E-state index in [1.807, 2.05) is 18.7 Å². The van der Waals surface area contributed by atoms with Crippen molar-refractivity contribution in [3.63, 3.8) is 0 Å². The summed E-state index contributed by atoms with van der Waals surface area (Å²) in [5.41, 5.74) is 1.03. The van der Waals surface area contributed by atoms with Gasteiger partial charge < -0.3 is 14.7 Å². The molecule has 0 amide bonds. The van der Waals surface area contributed by atoms with E-state index in [0.717, 1.165) is 0 Å². The molecule has 0 spiro atoms. The molecule has 0 bridgehead atoms. The number of aryl methyl sites for hydroxylation is 1. The molecule has 0 aromatic heterocycles. The van der Waals surface area contributed by atoms with Crippen LogP contribution in [0.5, 0.6) is 5.75 Å². The second-order valence-corrected chi connectivity index (χ2v) is 10.5. The lowest BCUT2D eigenvalue weighted by atomic mass is 9.99. The molecule has 3 rings (SSSR count). The quantitative estimate of drug-likeness (QED) is 0.668. The molecule has 11 heteroatoms. The number of piperazine rings is 1. The highest BCUT2D eigenvalue weighted by molar-refractivity contribution is 7.89. The van der Waals surface area contributed by atoms with Gasteiger partial charge in [0.2, 0.25) is 10.0 Å². The summed E-state index contributed by atoms with van der Waals surface area (Å²) in [6, 6.07) is 9.99. The van der Waals surface area contributed by atoms with Gasteiger partial charge in [-0.15, -0.1) is 13.2 Å². The summed E-state index contributed by atoms with van der Waals surface area (Å²) in [7, 11) is -3.88. The maximum Gasteiger partial charge on any atom is 0.573 e. The Morgan fingerprint density at radius 3 is 2.30 bits per heavy atom. The maximum atomic E-state index is 13.3. The third-order valence-corrected chi connectivity index (χ3v) is 7.18. The Labute approximate surface area is 190 Å². The van der Waals surface area contributed by atoms with Crippen molar-refractivity contribution in [2.24, 2.45) is 0 Å². The number of carbonyl (C=O) groups is 1. The Kier molecular flexibility index (Phi) is 6.67. The lowest BCUT2D eigenvalue weighted by Gasteiger charge is -2.48. The molecule has 1 fully saturated rings. The molecule has 2 aromatic rings. The summed E-state index contributed by atoms with van der Waals surface area (Å²) in [6.07, 6.45) is -5.06. The van der Waals surface area contributed by atoms with Crippen molar-refractivity contribution < 1.29 is 36.2 Å². The number of hydrogen-bond acceptors (Lipinski definition) is 5. The van der Waals surface area contributed by atoms with Crippen LogP contribution in [-0.2, 0) is 21.2 Å². The largest absolute Gasteiger partial charge is 0.573 e. The normalized spacial score (nSPS) is 17.1. The van der Waals surface area contributed by atoms with E-state index in [9.17, 15) is 26.4 Å². The van der Waals surface area contributed by atoms with E-state index in [4.69, 9.17) is 5.11 Å². The van der Waals surface area contributed by atoms with Gasteiger partial charge in [0, 0.05) is 30.9 Å².